The Bertz CT molecular complexity index is 668. The monoisotopic (exact) mass is 211 g/mol. The number of aromatic nitrogens is 2. The van der Waals surface area contributed by atoms with Gasteiger partial charge in [0.05, 0.1) is 5.52 Å². The summed E-state index contributed by atoms with van der Waals surface area (Å²) in [5, 5.41) is 23.9. The first-order chi connectivity index (χ1) is 7.72. The number of aromatic amines is 1. The van der Waals surface area contributed by atoms with Crippen molar-refractivity contribution in [3.63, 3.8) is 0 Å². The van der Waals surface area contributed by atoms with E-state index in [0.717, 1.165) is 0 Å². The van der Waals surface area contributed by atoms with Gasteiger partial charge in [0.2, 0.25) is 0 Å². The summed E-state index contributed by atoms with van der Waals surface area (Å²) in [5.41, 5.74) is 1.16. The molecule has 16 heavy (non-hydrogen) atoms. The van der Waals surface area contributed by atoms with E-state index in [2.05, 4.69) is 22.0 Å². The highest BCUT2D eigenvalue weighted by atomic mass is 16.4. The van der Waals surface area contributed by atoms with Crippen LogP contribution in [0.2, 0.25) is 0 Å². The number of carbonyl (C=O) groups is 1. The van der Waals surface area contributed by atoms with Crippen molar-refractivity contribution in [3.05, 3.63) is 29.5 Å². The molecule has 2 rings (SSSR count). The molecular formula is C11H5N3O2. The minimum absolute atomic E-state index is 0.0457. The van der Waals surface area contributed by atoms with Gasteiger partial charge in [-0.05, 0) is 18.2 Å². The number of nitrogens with zero attached hydrogens (tertiary/aromatic N) is 2. The minimum Gasteiger partial charge on any atom is -0.476 e. The Morgan fingerprint density at radius 1 is 1.50 bits per heavy atom. The first-order valence-electron chi connectivity index (χ1n) is 4.34. The maximum Gasteiger partial charge on any atom is 0.357 e. The zero-order chi connectivity index (χ0) is 11.5. The van der Waals surface area contributed by atoms with Gasteiger partial charge in [-0.2, -0.15) is 10.4 Å². The predicted octanol–water partition coefficient (Wildman–Crippen LogP) is 1.14. The number of carboxylic acid groups (broad SMARTS) is 1. The Kier molecular flexibility index (Phi) is 2.29. The fourth-order valence-corrected chi connectivity index (χ4v) is 1.35. The van der Waals surface area contributed by atoms with Crippen LogP contribution in [0.4, 0.5) is 0 Å². The van der Waals surface area contributed by atoms with Crippen molar-refractivity contribution in [2.75, 3.05) is 0 Å². The van der Waals surface area contributed by atoms with E-state index < -0.39 is 5.97 Å². The van der Waals surface area contributed by atoms with Gasteiger partial charge in [0, 0.05) is 16.9 Å². The highest BCUT2D eigenvalue weighted by Crippen LogP contribution is 2.17. The van der Waals surface area contributed by atoms with Crippen molar-refractivity contribution in [1.29, 1.82) is 5.26 Å². The largest absolute Gasteiger partial charge is 0.476 e. The maximum absolute atomic E-state index is 10.8. The normalized spacial score (nSPS) is 9.19. The van der Waals surface area contributed by atoms with E-state index in [-0.39, 0.29) is 5.69 Å². The molecule has 0 saturated carbocycles. The molecule has 1 heterocycles. The van der Waals surface area contributed by atoms with Gasteiger partial charge in [0.25, 0.3) is 0 Å². The van der Waals surface area contributed by atoms with Gasteiger partial charge in [-0.25, -0.2) is 4.79 Å². The molecule has 0 amide bonds. The van der Waals surface area contributed by atoms with Gasteiger partial charge >= 0.3 is 5.97 Å². The SMILES string of the molecule is N#CC#Cc1ccc2[nH]nc(C(=O)O)c2c1. The van der Waals surface area contributed by atoms with Crippen molar-refractivity contribution >= 4 is 16.9 Å². The fraction of sp³-hybridized carbons (Fsp3) is 0. The lowest BCUT2D eigenvalue weighted by Crippen LogP contribution is -1.96. The fourth-order valence-electron chi connectivity index (χ4n) is 1.35. The van der Waals surface area contributed by atoms with E-state index in [1.807, 2.05) is 0 Å². The van der Waals surface area contributed by atoms with E-state index in [9.17, 15) is 4.79 Å². The van der Waals surface area contributed by atoms with Gasteiger partial charge in [0.15, 0.2) is 11.8 Å². The predicted molar refractivity (Wildman–Crippen MR) is 55.5 cm³/mol. The Morgan fingerprint density at radius 3 is 3.00 bits per heavy atom. The molecule has 0 unspecified atom stereocenters. The summed E-state index contributed by atoms with van der Waals surface area (Å²) in [5.74, 6) is 3.74. The molecule has 2 N–H and O–H groups in total. The van der Waals surface area contributed by atoms with Crippen LogP contribution in [0.5, 0.6) is 0 Å². The smallest absolute Gasteiger partial charge is 0.357 e. The molecule has 1 aromatic heterocycles. The molecule has 5 heteroatoms. The number of hydrogen-bond donors (Lipinski definition) is 2. The van der Waals surface area contributed by atoms with Gasteiger partial charge < -0.3 is 5.11 Å². The summed E-state index contributed by atoms with van der Waals surface area (Å²) in [4.78, 5) is 10.8. The van der Waals surface area contributed by atoms with Crippen molar-refractivity contribution in [1.82, 2.24) is 10.2 Å². The molecule has 0 spiro atoms. The van der Waals surface area contributed by atoms with Crippen LogP contribution >= 0.6 is 0 Å². The second kappa shape index (κ2) is 3.76. The average molecular weight is 211 g/mol. The van der Waals surface area contributed by atoms with Crippen LogP contribution in [0.15, 0.2) is 18.2 Å². The lowest BCUT2D eigenvalue weighted by atomic mass is 10.1. The summed E-state index contributed by atoms with van der Waals surface area (Å²) < 4.78 is 0. The van der Waals surface area contributed by atoms with Crippen molar-refractivity contribution in [2.24, 2.45) is 0 Å². The summed E-state index contributed by atoms with van der Waals surface area (Å²) in [7, 11) is 0. The van der Waals surface area contributed by atoms with Crippen LogP contribution < -0.4 is 0 Å². The quantitative estimate of drug-likeness (QED) is 0.692. The lowest BCUT2D eigenvalue weighted by molar-refractivity contribution is 0.0692. The van der Waals surface area contributed by atoms with Crippen LogP contribution in [-0.4, -0.2) is 21.3 Å². The summed E-state index contributed by atoms with van der Waals surface area (Å²) in [6.45, 7) is 0. The van der Waals surface area contributed by atoms with Crippen molar-refractivity contribution in [3.8, 4) is 17.9 Å². The average Bonchev–Trinajstić information content (AvgIpc) is 2.69. The summed E-state index contributed by atoms with van der Waals surface area (Å²) in [6.07, 6.45) is 0. The number of H-pyrrole nitrogens is 1. The molecule has 0 aliphatic carbocycles. The molecule has 76 valence electrons. The number of carboxylic acids is 1. The molecule has 1 aromatic carbocycles. The highest BCUT2D eigenvalue weighted by molar-refractivity contribution is 6.01. The third-order valence-electron chi connectivity index (χ3n) is 2.03. The molecule has 0 aliphatic rings. The highest BCUT2D eigenvalue weighted by Gasteiger charge is 2.12. The van der Waals surface area contributed by atoms with Crippen LogP contribution in [0.1, 0.15) is 16.1 Å². The van der Waals surface area contributed by atoms with E-state index in [1.54, 1.807) is 24.3 Å². The van der Waals surface area contributed by atoms with Gasteiger partial charge in [-0.3, -0.25) is 5.10 Å². The molecule has 0 atom stereocenters. The Labute approximate surface area is 90.3 Å². The zero-order valence-electron chi connectivity index (χ0n) is 7.98. The van der Waals surface area contributed by atoms with Crippen LogP contribution in [-0.2, 0) is 0 Å². The van der Waals surface area contributed by atoms with E-state index >= 15 is 0 Å². The minimum atomic E-state index is -1.10. The van der Waals surface area contributed by atoms with Gasteiger partial charge in [-0.1, -0.05) is 5.92 Å². The first kappa shape index (κ1) is 9.75. The lowest BCUT2D eigenvalue weighted by Gasteiger charge is -1.92. The number of hydrogen-bond acceptors (Lipinski definition) is 3. The van der Waals surface area contributed by atoms with E-state index in [0.29, 0.717) is 16.5 Å². The van der Waals surface area contributed by atoms with Gasteiger partial charge in [0.1, 0.15) is 0 Å². The van der Waals surface area contributed by atoms with Crippen LogP contribution in [0, 0.1) is 23.2 Å². The molecule has 0 saturated heterocycles. The number of fused-ring (bicyclic) bond motifs is 1. The molecule has 0 fully saturated rings. The number of benzene rings is 1. The second-order valence-electron chi connectivity index (χ2n) is 3.00. The maximum atomic E-state index is 10.8. The molecule has 0 bridgehead atoms. The van der Waals surface area contributed by atoms with Crippen LogP contribution in [0.25, 0.3) is 10.9 Å². The number of nitriles is 1. The number of aromatic carboxylic acids is 1. The third-order valence-corrected chi connectivity index (χ3v) is 2.03. The Balaban J connectivity index is 2.64. The van der Waals surface area contributed by atoms with Gasteiger partial charge in [-0.15, -0.1) is 0 Å². The Hall–Kier alpha value is -2.79. The molecule has 0 radical (unpaired) electrons. The standard InChI is InChI=1S/C11H5N3O2/c12-5-1-2-7-3-4-9-8(6-7)10(11(15)16)14-13-9/h3-4,6H,(H,13,14)(H,15,16). The Morgan fingerprint density at radius 2 is 2.31 bits per heavy atom. The molecular weight excluding hydrogens is 206 g/mol. The number of rotatable bonds is 1. The summed E-state index contributed by atoms with van der Waals surface area (Å²) in [6, 6.07) is 6.65. The molecule has 0 aliphatic heterocycles. The molecule has 2 aromatic rings. The third kappa shape index (κ3) is 1.58. The number of nitrogens with one attached hydrogen (secondary N) is 1. The summed E-state index contributed by atoms with van der Waals surface area (Å²) >= 11 is 0. The molecule has 5 nitrogen and oxygen atoms in total. The van der Waals surface area contributed by atoms with E-state index in [1.165, 1.54) is 0 Å². The zero-order valence-corrected chi connectivity index (χ0v) is 7.98. The topological polar surface area (TPSA) is 89.8 Å². The first-order valence-corrected chi connectivity index (χ1v) is 4.34. The van der Waals surface area contributed by atoms with Crippen molar-refractivity contribution in [2.45, 2.75) is 0 Å². The second-order valence-corrected chi connectivity index (χ2v) is 3.00. The van der Waals surface area contributed by atoms with Crippen LogP contribution in [0.3, 0.4) is 0 Å². The van der Waals surface area contributed by atoms with Crippen molar-refractivity contribution < 1.29 is 9.90 Å². The van der Waals surface area contributed by atoms with E-state index in [4.69, 9.17) is 10.4 Å².